The smallest absolute Gasteiger partial charge is 0.240 e. The van der Waals surface area contributed by atoms with E-state index in [4.69, 9.17) is 33.6 Å². The number of aryl methyl sites for hydroxylation is 1. The van der Waals surface area contributed by atoms with Gasteiger partial charge in [-0.15, -0.1) is 0 Å². The fraction of sp³-hybridized carbons (Fsp3) is 0.133. The number of nitrogens with two attached hydrogens (primary N) is 1. The van der Waals surface area contributed by atoms with E-state index in [2.05, 4.69) is 4.72 Å². The Labute approximate surface area is 161 Å². The minimum Gasteiger partial charge on any atom is -0.282 e. The summed E-state index contributed by atoms with van der Waals surface area (Å²) in [5, 5.41) is 14.6. The lowest BCUT2D eigenvalue weighted by atomic mass is 10.2. The van der Waals surface area contributed by atoms with E-state index in [9.17, 15) is 16.8 Å². The second-order valence-electron chi connectivity index (χ2n) is 5.29. The molecular weight excluding hydrogens is 421 g/mol. The van der Waals surface area contributed by atoms with Gasteiger partial charge in [0.2, 0.25) is 20.0 Å². The minimum atomic E-state index is -4.23. The molecule has 0 aromatic heterocycles. The number of sulfonamides is 2. The molecule has 0 aliphatic heterocycles. The molecule has 0 heterocycles. The standard InChI is InChI=1S/C15H13Cl2N3O4S2/c16-12-3-1-10(7-13(12)17)5-6-25(21,22)20-14-4-2-11(9-18)8-15(14)26(19,23)24/h1-4,7-8,20H,5-6H2,(H2,19,23,24). The fourth-order valence-electron chi connectivity index (χ4n) is 2.08. The molecule has 2 rings (SSSR count). The van der Waals surface area contributed by atoms with Crippen molar-refractivity contribution in [2.24, 2.45) is 5.14 Å². The zero-order valence-electron chi connectivity index (χ0n) is 13.1. The maximum absolute atomic E-state index is 12.3. The van der Waals surface area contributed by atoms with Crippen molar-refractivity contribution in [2.75, 3.05) is 10.5 Å². The molecule has 26 heavy (non-hydrogen) atoms. The van der Waals surface area contributed by atoms with E-state index in [1.807, 2.05) is 0 Å². The van der Waals surface area contributed by atoms with Crippen LogP contribution in [0.4, 0.5) is 5.69 Å². The van der Waals surface area contributed by atoms with Crippen molar-refractivity contribution < 1.29 is 16.8 Å². The number of halogens is 2. The highest BCUT2D eigenvalue weighted by atomic mass is 35.5. The number of hydrogen-bond acceptors (Lipinski definition) is 5. The van der Waals surface area contributed by atoms with Crippen LogP contribution >= 0.6 is 23.2 Å². The summed E-state index contributed by atoms with van der Waals surface area (Å²) in [5.74, 6) is -0.324. The van der Waals surface area contributed by atoms with Crippen LogP contribution in [0.5, 0.6) is 0 Å². The van der Waals surface area contributed by atoms with E-state index in [-0.39, 0.29) is 23.4 Å². The van der Waals surface area contributed by atoms with Crippen LogP contribution in [0.15, 0.2) is 41.3 Å². The van der Waals surface area contributed by atoms with Crippen molar-refractivity contribution in [2.45, 2.75) is 11.3 Å². The van der Waals surface area contributed by atoms with Crippen LogP contribution in [0.2, 0.25) is 10.0 Å². The lowest BCUT2D eigenvalue weighted by molar-refractivity contribution is 0.598. The zero-order valence-corrected chi connectivity index (χ0v) is 16.3. The third-order valence-corrected chi connectivity index (χ3v) is 6.29. The number of anilines is 1. The molecule has 0 saturated heterocycles. The molecule has 0 aliphatic carbocycles. The molecule has 7 nitrogen and oxygen atoms in total. The van der Waals surface area contributed by atoms with Gasteiger partial charge in [0.25, 0.3) is 0 Å². The van der Waals surface area contributed by atoms with Crippen molar-refractivity contribution in [3.63, 3.8) is 0 Å². The van der Waals surface area contributed by atoms with Crippen molar-refractivity contribution in [1.82, 2.24) is 0 Å². The first-order valence-corrected chi connectivity index (χ1v) is 11.0. The Morgan fingerprint density at radius 3 is 2.31 bits per heavy atom. The van der Waals surface area contributed by atoms with Crippen LogP contribution in [-0.4, -0.2) is 22.6 Å². The molecular formula is C15H13Cl2N3O4S2. The molecule has 0 fully saturated rings. The summed E-state index contributed by atoms with van der Waals surface area (Å²) in [6, 6.07) is 9.98. The molecule has 0 saturated carbocycles. The van der Waals surface area contributed by atoms with Crippen molar-refractivity contribution >= 4 is 48.9 Å². The number of nitriles is 1. The van der Waals surface area contributed by atoms with Crippen LogP contribution in [0.25, 0.3) is 0 Å². The van der Waals surface area contributed by atoms with Crippen molar-refractivity contribution in [3.05, 3.63) is 57.6 Å². The van der Waals surface area contributed by atoms with Gasteiger partial charge in [0.1, 0.15) is 4.90 Å². The third kappa shape index (κ3) is 5.33. The number of primary sulfonamides is 1. The normalized spacial score (nSPS) is 11.8. The number of nitrogens with one attached hydrogen (secondary N) is 1. The molecule has 0 radical (unpaired) electrons. The first kappa shape index (κ1) is 20.5. The molecule has 0 unspecified atom stereocenters. The maximum atomic E-state index is 12.3. The van der Waals surface area contributed by atoms with Gasteiger partial charge in [-0.25, -0.2) is 22.0 Å². The van der Waals surface area contributed by atoms with E-state index in [0.29, 0.717) is 15.6 Å². The Kier molecular flexibility index (Phi) is 6.16. The highest BCUT2D eigenvalue weighted by Gasteiger charge is 2.19. The monoisotopic (exact) mass is 433 g/mol. The minimum absolute atomic E-state index is 0.0350. The topological polar surface area (TPSA) is 130 Å². The van der Waals surface area contributed by atoms with Gasteiger partial charge in [0.05, 0.1) is 33.1 Å². The van der Waals surface area contributed by atoms with Gasteiger partial charge in [-0.1, -0.05) is 29.3 Å². The van der Waals surface area contributed by atoms with E-state index >= 15 is 0 Å². The zero-order chi connectivity index (χ0) is 19.5. The van der Waals surface area contributed by atoms with Gasteiger partial charge in [-0.3, -0.25) is 4.72 Å². The summed E-state index contributed by atoms with van der Waals surface area (Å²) in [5.41, 5.74) is 0.463. The summed E-state index contributed by atoms with van der Waals surface area (Å²) in [6.07, 6.45) is 0.132. The van der Waals surface area contributed by atoms with Crippen molar-refractivity contribution in [1.29, 1.82) is 5.26 Å². The Balaban J connectivity index is 2.24. The summed E-state index contributed by atoms with van der Waals surface area (Å²) >= 11 is 11.7. The summed E-state index contributed by atoms with van der Waals surface area (Å²) in [6.45, 7) is 0. The summed E-state index contributed by atoms with van der Waals surface area (Å²) in [7, 11) is -8.11. The third-order valence-electron chi connectivity index (χ3n) is 3.33. The Bertz CT molecular complexity index is 1090. The Morgan fingerprint density at radius 1 is 1.04 bits per heavy atom. The van der Waals surface area contributed by atoms with E-state index < -0.39 is 24.9 Å². The highest BCUT2D eigenvalue weighted by Crippen LogP contribution is 2.24. The SMILES string of the molecule is N#Cc1ccc(NS(=O)(=O)CCc2ccc(Cl)c(Cl)c2)c(S(N)(=O)=O)c1. The van der Waals surface area contributed by atoms with E-state index in [0.717, 1.165) is 6.07 Å². The Morgan fingerprint density at radius 2 is 1.73 bits per heavy atom. The van der Waals surface area contributed by atoms with E-state index in [1.54, 1.807) is 24.3 Å². The average molecular weight is 434 g/mol. The molecule has 0 atom stereocenters. The van der Waals surface area contributed by atoms with Crippen LogP contribution < -0.4 is 9.86 Å². The van der Waals surface area contributed by atoms with Gasteiger partial charge in [0, 0.05) is 0 Å². The lowest BCUT2D eigenvalue weighted by Gasteiger charge is -2.12. The van der Waals surface area contributed by atoms with Crippen LogP contribution in [0.3, 0.4) is 0 Å². The van der Waals surface area contributed by atoms with Crippen molar-refractivity contribution in [3.8, 4) is 6.07 Å². The Hall–Kier alpha value is -1.83. The first-order chi connectivity index (χ1) is 12.0. The first-order valence-electron chi connectivity index (χ1n) is 7.03. The average Bonchev–Trinajstić information content (AvgIpc) is 2.55. The fourth-order valence-corrected chi connectivity index (χ4v) is 4.30. The van der Waals surface area contributed by atoms with Gasteiger partial charge in [0.15, 0.2) is 0 Å². The molecule has 0 bridgehead atoms. The molecule has 2 aromatic carbocycles. The predicted molar refractivity (Wildman–Crippen MR) is 100 cm³/mol. The van der Waals surface area contributed by atoms with Gasteiger partial charge >= 0.3 is 0 Å². The maximum Gasteiger partial charge on any atom is 0.240 e. The number of rotatable bonds is 6. The molecule has 0 aliphatic rings. The second kappa shape index (κ2) is 7.82. The largest absolute Gasteiger partial charge is 0.282 e. The molecule has 11 heteroatoms. The van der Waals surface area contributed by atoms with Crippen LogP contribution in [0.1, 0.15) is 11.1 Å². The van der Waals surface area contributed by atoms with Crippen LogP contribution in [-0.2, 0) is 26.5 Å². The summed E-state index contributed by atoms with van der Waals surface area (Å²) in [4.78, 5) is -0.477. The van der Waals surface area contributed by atoms with E-state index in [1.165, 1.54) is 12.1 Å². The van der Waals surface area contributed by atoms with Gasteiger partial charge in [-0.05, 0) is 42.3 Å². The molecule has 138 valence electrons. The summed E-state index contributed by atoms with van der Waals surface area (Å²) < 4.78 is 50.1. The van der Waals surface area contributed by atoms with Gasteiger partial charge in [-0.2, -0.15) is 5.26 Å². The number of nitrogens with zero attached hydrogens (tertiary/aromatic N) is 1. The lowest BCUT2D eigenvalue weighted by Crippen LogP contribution is -2.21. The molecule has 3 N–H and O–H groups in total. The molecule has 2 aromatic rings. The molecule has 0 amide bonds. The number of hydrogen-bond donors (Lipinski definition) is 2. The number of benzene rings is 2. The quantitative estimate of drug-likeness (QED) is 0.722. The predicted octanol–water partition coefficient (Wildman–Crippen LogP) is 2.50. The highest BCUT2D eigenvalue weighted by molar-refractivity contribution is 7.93. The molecule has 0 spiro atoms. The second-order valence-corrected chi connectivity index (χ2v) is 9.47. The van der Waals surface area contributed by atoms with Gasteiger partial charge < -0.3 is 0 Å². The van der Waals surface area contributed by atoms with Crippen LogP contribution in [0, 0.1) is 11.3 Å².